The van der Waals surface area contributed by atoms with Gasteiger partial charge in [-0.25, -0.2) is 4.98 Å². The van der Waals surface area contributed by atoms with Crippen molar-refractivity contribution in [1.82, 2.24) is 9.88 Å². The van der Waals surface area contributed by atoms with E-state index in [2.05, 4.69) is 17.4 Å². The lowest BCUT2D eigenvalue weighted by Crippen LogP contribution is -2.38. The van der Waals surface area contributed by atoms with Gasteiger partial charge in [-0.1, -0.05) is 12.1 Å². The molecule has 8 nitrogen and oxygen atoms in total. The number of hydrogen-bond donors (Lipinski definition) is 1. The molecule has 198 valence electrons. The SMILES string of the molecule is COC(=O)CC(CC1CCN(C(=O)CCCc2ccc3c(n2)NCCC3)CC1)c1ccc2c(c1)OCO2. The Balaban J connectivity index is 1.10. The van der Waals surface area contributed by atoms with E-state index in [-0.39, 0.29) is 24.6 Å². The molecule has 4 heterocycles. The Labute approximate surface area is 218 Å². The van der Waals surface area contributed by atoms with Crippen molar-refractivity contribution in [2.24, 2.45) is 5.92 Å². The lowest BCUT2D eigenvalue weighted by molar-refractivity contribution is -0.141. The lowest BCUT2D eigenvalue weighted by Gasteiger charge is -2.34. The predicted octanol–water partition coefficient (Wildman–Crippen LogP) is 4.47. The molecule has 1 amide bonds. The van der Waals surface area contributed by atoms with Gasteiger partial charge in [-0.3, -0.25) is 9.59 Å². The Morgan fingerprint density at radius 3 is 2.84 bits per heavy atom. The van der Waals surface area contributed by atoms with Gasteiger partial charge in [0.05, 0.1) is 13.5 Å². The van der Waals surface area contributed by atoms with E-state index in [1.807, 2.05) is 23.1 Å². The number of aromatic nitrogens is 1. The highest BCUT2D eigenvalue weighted by Gasteiger charge is 2.28. The highest BCUT2D eigenvalue weighted by atomic mass is 16.7. The Morgan fingerprint density at radius 2 is 2.00 bits per heavy atom. The number of amides is 1. The normalized spacial score (nSPS) is 17.6. The zero-order chi connectivity index (χ0) is 25.6. The minimum atomic E-state index is -0.209. The monoisotopic (exact) mass is 507 g/mol. The van der Waals surface area contributed by atoms with Crippen molar-refractivity contribution in [2.75, 3.05) is 38.9 Å². The average Bonchev–Trinajstić information content (AvgIpc) is 3.41. The summed E-state index contributed by atoms with van der Waals surface area (Å²) in [6.07, 6.45) is 7.55. The Hall–Kier alpha value is -3.29. The summed E-state index contributed by atoms with van der Waals surface area (Å²) < 4.78 is 16.0. The van der Waals surface area contributed by atoms with Gasteiger partial charge in [0.1, 0.15) is 5.82 Å². The fraction of sp³-hybridized carbons (Fsp3) is 0.552. The van der Waals surface area contributed by atoms with Crippen molar-refractivity contribution >= 4 is 17.7 Å². The van der Waals surface area contributed by atoms with Crippen molar-refractivity contribution in [2.45, 2.75) is 63.7 Å². The molecule has 0 aliphatic carbocycles. The number of ether oxygens (including phenoxy) is 3. The standard InChI is InChI=1S/C29H37N3O5/c1-35-28(34)18-23(22-8-10-25-26(17-22)37-19-36-25)16-20-11-14-32(15-12-20)27(33)6-2-5-24-9-7-21-4-3-13-30-29(21)31-24/h7-10,17,20,23H,2-6,11-16,18-19H2,1H3,(H,30,31). The summed E-state index contributed by atoms with van der Waals surface area (Å²) in [5.41, 5.74) is 3.42. The number of piperidine rings is 1. The van der Waals surface area contributed by atoms with Crippen molar-refractivity contribution in [1.29, 1.82) is 0 Å². The third-order valence-corrected chi connectivity index (χ3v) is 7.87. The first-order valence-electron chi connectivity index (χ1n) is 13.6. The number of hydrogen-bond acceptors (Lipinski definition) is 7. The minimum Gasteiger partial charge on any atom is -0.469 e. The number of aryl methyl sites for hydroxylation is 2. The van der Waals surface area contributed by atoms with Crippen LogP contribution in [0.1, 0.15) is 67.7 Å². The van der Waals surface area contributed by atoms with E-state index in [4.69, 9.17) is 19.2 Å². The van der Waals surface area contributed by atoms with Crippen LogP contribution in [-0.2, 0) is 27.2 Å². The predicted molar refractivity (Wildman–Crippen MR) is 140 cm³/mol. The third-order valence-electron chi connectivity index (χ3n) is 7.87. The van der Waals surface area contributed by atoms with E-state index in [1.54, 1.807) is 0 Å². The van der Waals surface area contributed by atoms with Crippen molar-refractivity contribution in [3.8, 4) is 11.5 Å². The number of pyridine rings is 1. The number of esters is 1. The van der Waals surface area contributed by atoms with Gasteiger partial charge >= 0.3 is 5.97 Å². The first-order chi connectivity index (χ1) is 18.1. The Bertz CT molecular complexity index is 1110. The van der Waals surface area contributed by atoms with Crippen LogP contribution in [0.3, 0.4) is 0 Å². The van der Waals surface area contributed by atoms with Crippen LogP contribution >= 0.6 is 0 Å². The average molecular weight is 508 g/mol. The van der Waals surface area contributed by atoms with Crippen LogP contribution in [-0.4, -0.2) is 55.3 Å². The maximum Gasteiger partial charge on any atom is 0.306 e. The fourth-order valence-electron chi connectivity index (χ4n) is 5.70. The number of benzene rings is 1. The van der Waals surface area contributed by atoms with Crippen LogP contribution in [0.2, 0.25) is 0 Å². The molecule has 1 aromatic carbocycles. The second-order valence-corrected chi connectivity index (χ2v) is 10.3. The molecule has 0 saturated carbocycles. The number of rotatable bonds is 9. The van der Waals surface area contributed by atoms with Gasteiger partial charge in [0.2, 0.25) is 12.7 Å². The molecule has 1 N–H and O–H groups in total. The third kappa shape index (κ3) is 6.35. The van der Waals surface area contributed by atoms with E-state index < -0.39 is 0 Å². The van der Waals surface area contributed by atoms with Crippen LogP contribution in [0.4, 0.5) is 5.82 Å². The molecule has 1 unspecified atom stereocenters. The molecular weight excluding hydrogens is 470 g/mol. The lowest BCUT2D eigenvalue weighted by atomic mass is 9.82. The van der Waals surface area contributed by atoms with E-state index in [9.17, 15) is 9.59 Å². The van der Waals surface area contributed by atoms with Gasteiger partial charge < -0.3 is 24.4 Å². The van der Waals surface area contributed by atoms with Crippen molar-refractivity contribution < 1.29 is 23.8 Å². The largest absolute Gasteiger partial charge is 0.469 e. The van der Waals surface area contributed by atoms with Crippen LogP contribution in [0, 0.1) is 5.92 Å². The van der Waals surface area contributed by atoms with Gasteiger partial charge in [0, 0.05) is 31.7 Å². The van der Waals surface area contributed by atoms with Gasteiger partial charge in [0.15, 0.2) is 11.5 Å². The Kier molecular flexibility index (Phi) is 8.12. The highest BCUT2D eigenvalue weighted by Crippen LogP contribution is 2.39. The van der Waals surface area contributed by atoms with E-state index >= 15 is 0 Å². The maximum atomic E-state index is 12.9. The first-order valence-corrected chi connectivity index (χ1v) is 13.6. The maximum absolute atomic E-state index is 12.9. The second-order valence-electron chi connectivity index (χ2n) is 10.3. The molecule has 0 spiro atoms. The number of carbonyl (C=O) groups excluding carboxylic acids is 2. The number of fused-ring (bicyclic) bond motifs is 2. The molecule has 1 fully saturated rings. The zero-order valence-corrected chi connectivity index (χ0v) is 21.7. The topological polar surface area (TPSA) is 90.0 Å². The molecule has 1 saturated heterocycles. The van der Waals surface area contributed by atoms with Gasteiger partial charge in [-0.2, -0.15) is 0 Å². The summed E-state index contributed by atoms with van der Waals surface area (Å²) in [6.45, 7) is 2.76. The molecule has 1 atom stereocenters. The fourth-order valence-corrected chi connectivity index (χ4v) is 5.70. The summed E-state index contributed by atoms with van der Waals surface area (Å²) in [5.74, 6) is 3.02. The van der Waals surface area contributed by atoms with Gasteiger partial charge in [-0.15, -0.1) is 0 Å². The molecule has 1 aromatic heterocycles. The number of carbonyl (C=O) groups is 2. The number of nitrogens with zero attached hydrogens (tertiary/aromatic N) is 2. The molecule has 37 heavy (non-hydrogen) atoms. The Morgan fingerprint density at radius 1 is 1.16 bits per heavy atom. The minimum absolute atomic E-state index is 0.0489. The van der Waals surface area contributed by atoms with Crippen molar-refractivity contribution in [3.63, 3.8) is 0 Å². The van der Waals surface area contributed by atoms with Crippen LogP contribution in [0.5, 0.6) is 11.5 Å². The van der Waals surface area contributed by atoms with E-state index in [0.717, 1.165) is 93.2 Å². The van der Waals surface area contributed by atoms with Crippen LogP contribution in [0.15, 0.2) is 30.3 Å². The van der Waals surface area contributed by atoms with Crippen molar-refractivity contribution in [3.05, 3.63) is 47.2 Å². The van der Waals surface area contributed by atoms with Gasteiger partial charge in [-0.05, 0) is 86.1 Å². The van der Waals surface area contributed by atoms with E-state index in [1.165, 1.54) is 12.7 Å². The molecule has 3 aliphatic rings. The molecule has 3 aliphatic heterocycles. The summed E-state index contributed by atoms with van der Waals surface area (Å²) in [4.78, 5) is 31.8. The molecular formula is C29H37N3O5. The zero-order valence-electron chi connectivity index (χ0n) is 21.7. The molecule has 0 bridgehead atoms. The number of nitrogens with one attached hydrogen (secondary N) is 1. The second kappa shape index (κ2) is 11.8. The summed E-state index contributed by atoms with van der Waals surface area (Å²) >= 11 is 0. The van der Waals surface area contributed by atoms with E-state index in [0.29, 0.717) is 18.8 Å². The molecule has 2 aromatic rings. The molecule has 5 rings (SSSR count). The number of methoxy groups -OCH3 is 1. The first kappa shape index (κ1) is 25.4. The van der Waals surface area contributed by atoms with Crippen LogP contribution < -0.4 is 14.8 Å². The smallest absolute Gasteiger partial charge is 0.306 e. The summed E-state index contributed by atoms with van der Waals surface area (Å²) in [5, 5.41) is 3.38. The molecule has 0 radical (unpaired) electrons. The molecule has 8 heteroatoms. The highest BCUT2D eigenvalue weighted by molar-refractivity contribution is 5.76. The number of anilines is 1. The quantitative estimate of drug-likeness (QED) is 0.501. The summed E-state index contributed by atoms with van der Waals surface area (Å²) in [7, 11) is 1.43. The summed E-state index contributed by atoms with van der Waals surface area (Å²) in [6, 6.07) is 10.2. The number of likely N-dealkylation sites (tertiary alicyclic amines) is 1. The van der Waals surface area contributed by atoms with Crippen LogP contribution in [0.25, 0.3) is 0 Å². The van der Waals surface area contributed by atoms with Gasteiger partial charge in [0.25, 0.3) is 0 Å².